The molecule has 3 aromatic rings. The number of anilines is 2. The van der Waals surface area contributed by atoms with Gasteiger partial charge in [-0.15, -0.1) is 0 Å². The summed E-state index contributed by atoms with van der Waals surface area (Å²) in [4.78, 5) is 22.4. The molecule has 1 N–H and O–H groups in total. The molecule has 128 valence electrons. The lowest BCUT2D eigenvalue weighted by Gasteiger charge is -2.06. The molecular formula is C21H16N2O3. The molecule has 0 bridgehead atoms. The Morgan fingerprint density at radius 1 is 0.846 bits per heavy atom. The van der Waals surface area contributed by atoms with Gasteiger partial charge in [0.15, 0.2) is 5.78 Å². The van der Waals surface area contributed by atoms with E-state index < -0.39 is 4.92 Å². The molecule has 26 heavy (non-hydrogen) atoms. The molecule has 5 heteroatoms. The highest BCUT2D eigenvalue weighted by Crippen LogP contribution is 2.17. The minimum Gasteiger partial charge on any atom is -0.356 e. The average molecular weight is 344 g/mol. The lowest BCUT2D eigenvalue weighted by molar-refractivity contribution is -0.384. The number of rotatable bonds is 6. The number of allylic oxidation sites excluding steroid dienone is 1. The molecule has 0 aliphatic rings. The molecule has 0 amide bonds. The van der Waals surface area contributed by atoms with E-state index in [1.54, 1.807) is 30.3 Å². The molecule has 0 aliphatic heterocycles. The number of ketones is 1. The second-order valence-corrected chi connectivity index (χ2v) is 5.61. The van der Waals surface area contributed by atoms with Gasteiger partial charge in [-0.2, -0.15) is 0 Å². The Kier molecular flexibility index (Phi) is 5.19. The third kappa shape index (κ3) is 4.42. The Morgan fingerprint density at radius 2 is 1.46 bits per heavy atom. The molecule has 0 unspecified atom stereocenters. The van der Waals surface area contributed by atoms with Crippen LogP contribution in [0.3, 0.4) is 0 Å². The van der Waals surface area contributed by atoms with Gasteiger partial charge in [0, 0.05) is 29.1 Å². The van der Waals surface area contributed by atoms with Gasteiger partial charge in [0.1, 0.15) is 0 Å². The van der Waals surface area contributed by atoms with Crippen LogP contribution in [-0.2, 0) is 0 Å². The largest absolute Gasteiger partial charge is 0.356 e. The Labute approximate surface area is 150 Å². The molecule has 0 spiro atoms. The summed E-state index contributed by atoms with van der Waals surface area (Å²) in [6, 6.07) is 23.0. The van der Waals surface area contributed by atoms with Gasteiger partial charge < -0.3 is 5.32 Å². The van der Waals surface area contributed by atoms with Crippen molar-refractivity contribution in [3.8, 4) is 0 Å². The van der Waals surface area contributed by atoms with Gasteiger partial charge in [0.2, 0.25) is 0 Å². The molecule has 0 heterocycles. The number of non-ortho nitro benzene ring substituents is 1. The van der Waals surface area contributed by atoms with Crippen LogP contribution in [0.25, 0.3) is 6.08 Å². The van der Waals surface area contributed by atoms with Gasteiger partial charge in [-0.25, -0.2) is 0 Å². The summed E-state index contributed by atoms with van der Waals surface area (Å²) in [7, 11) is 0. The Bertz CT molecular complexity index is 931. The van der Waals surface area contributed by atoms with Gasteiger partial charge in [-0.1, -0.05) is 24.3 Å². The van der Waals surface area contributed by atoms with E-state index in [1.165, 1.54) is 18.2 Å². The van der Waals surface area contributed by atoms with E-state index in [1.807, 2.05) is 42.5 Å². The summed E-state index contributed by atoms with van der Waals surface area (Å²) in [5.74, 6) is -0.130. The van der Waals surface area contributed by atoms with E-state index in [0.717, 1.165) is 16.9 Å². The van der Waals surface area contributed by atoms with E-state index in [4.69, 9.17) is 0 Å². The molecule has 0 saturated carbocycles. The number of hydrogen-bond acceptors (Lipinski definition) is 4. The van der Waals surface area contributed by atoms with E-state index >= 15 is 0 Å². The number of para-hydroxylation sites is 1. The Morgan fingerprint density at radius 3 is 2.08 bits per heavy atom. The number of nitrogens with zero attached hydrogens (tertiary/aromatic N) is 1. The smallest absolute Gasteiger partial charge is 0.269 e. The number of benzene rings is 3. The van der Waals surface area contributed by atoms with Gasteiger partial charge in [-0.3, -0.25) is 14.9 Å². The van der Waals surface area contributed by atoms with Crippen LogP contribution in [0, 0.1) is 10.1 Å². The Hall–Kier alpha value is -3.73. The minimum absolute atomic E-state index is 0.0231. The Balaban J connectivity index is 1.65. The van der Waals surface area contributed by atoms with Crippen molar-refractivity contribution in [2.45, 2.75) is 0 Å². The van der Waals surface area contributed by atoms with Crippen LogP contribution >= 0.6 is 0 Å². The molecule has 3 aromatic carbocycles. The zero-order valence-electron chi connectivity index (χ0n) is 13.8. The predicted molar refractivity (Wildman–Crippen MR) is 103 cm³/mol. The fraction of sp³-hybridized carbons (Fsp3) is 0. The number of nitro groups is 1. The number of hydrogen-bond donors (Lipinski definition) is 1. The SMILES string of the molecule is O=C(/C=C/c1ccc([N+](=O)[O-])cc1)c1ccc(Nc2ccccc2)cc1. The maximum absolute atomic E-state index is 12.2. The highest BCUT2D eigenvalue weighted by molar-refractivity contribution is 6.07. The van der Waals surface area contributed by atoms with Crippen molar-refractivity contribution in [3.63, 3.8) is 0 Å². The van der Waals surface area contributed by atoms with Crippen LogP contribution in [0.4, 0.5) is 17.1 Å². The number of carbonyl (C=O) groups is 1. The summed E-state index contributed by atoms with van der Waals surface area (Å²) in [5, 5.41) is 13.9. The first kappa shape index (κ1) is 17.1. The van der Waals surface area contributed by atoms with Crippen molar-refractivity contribution in [1.29, 1.82) is 0 Å². The van der Waals surface area contributed by atoms with Crippen molar-refractivity contribution >= 4 is 28.9 Å². The summed E-state index contributed by atoms with van der Waals surface area (Å²) >= 11 is 0. The van der Waals surface area contributed by atoms with Gasteiger partial charge in [0.05, 0.1) is 4.92 Å². The van der Waals surface area contributed by atoms with Gasteiger partial charge in [-0.05, 0) is 60.2 Å². The zero-order valence-corrected chi connectivity index (χ0v) is 13.8. The van der Waals surface area contributed by atoms with Crippen LogP contribution in [0.2, 0.25) is 0 Å². The van der Waals surface area contributed by atoms with Crippen LogP contribution in [-0.4, -0.2) is 10.7 Å². The first-order valence-electron chi connectivity index (χ1n) is 8.01. The van der Waals surface area contributed by atoms with Crippen molar-refractivity contribution < 1.29 is 9.72 Å². The van der Waals surface area contributed by atoms with Gasteiger partial charge >= 0.3 is 0 Å². The summed E-state index contributed by atoms with van der Waals surface area (Å²) < 4.78 is 0. The van der Waals surface area contributed by atoms with E-state index in [-0.39, 0.29) is 11.5 Å². The van der Waals surface area contributed by atoms with Gasteiger partial charge in [0.25, 0.3) is 5.69 Å². The number of nitro benzene ring substituents is 1. The molecule has 0 aromatic heterocycles. The maximum Gasteiger partial charge on any atom is 0.269 e. The monoisotopic (exact) mass is 344 g/mol. The minimum atomic E-state index is -0.455. The van der Waals surface area contributed by atoms with Crippen molar-refractivity contribution in [1.82, 2.24) is 0 Å². The van der Waals surface area contributed by atoms with Crippen LogP contribution in [0.1, 0.15) is 15.9 Å². The third-order valence-electron chi connectivity index (χ3n) is 3.76. The third-order valence-corrected chi connectivity index (χ3v) is 3.76. The second kappa shape index (κ2) is 7.90. The highest BCUT2D eigenvalue weighted by atomic mass is 16.6. The standard InChI is InChI=1S/C21H16N2O3/c24-21(15-8-16-6-13-20(14-7-16)23(25)26)17-9-11-19(12-10-17)22-18-4-2-1-3-5-18/h1-15,22H/b15-8+. The van der Waals surface area contributed by atoms with Crippen LogP contribution in [0.5, 0.6) is 0 Å². The second-order valence-electron chi connectivity index (χ2n) is 5.61. The van der Waals surface area contributed by atoms with Crippen LogP contribution in [0.15, 0.2) is 84.9 Å². The predicted octanol–water partition coefficient (Wildman–Crippen LogP) is 5.23. The molecule has 5 nitrogen and oxygen atoms in total. The molecular weight excluding hydrogens is 328 g/mol. The molecule has 0 radical (unpaired) electrons. The molecule has 0 aliphatic carbocycles. The lowest BCUT2D eigenvalue weighted by Crippen LogP contribution is -1.95. The highest BCUT2D eigenvalue weighted by Gasteiger charge is 2.04. The van der Waals surface area contributed by atoms with Crippen molar-refractivity contribution in [3.05, 3.63) is 106 Å². The topological polar surface area (TPSA) is 72.2 Å². The normalized spacial score (nSPS) is 10.6. The van der Waals surface area contributed by atoms with Crippen molar-refractivity contribution in [2.75, 3.05) is 5.32 Å². The summed E-state index contributed by atoms with van der Waals surface area (Å²) in [6.07, 6.45) is 3.10. The lowest BCUT2D eigenvalue weighted by atomic mass is 10.1. The fourth-order valence-corrected chi connectivity index (χ4v) is 2.38. The summed E-state index contributed by atoms with van der Waals surface area (Å²) in [6.45, 7) is 0. The molecule has 0 fully saturated rings. The molecule has 0 saturated heterocycles. The first-order valence-corrected chi connectivity index (χ1v) is 8.01. The van der Waals surface area contributed by atoms with E-state index in [2.05, 4.69) is 5.32 Å². The molecule has 0 atom stereocenters. The zero-order chi connectivity index (χ0) is 18.4. The van der Waals surface area contributed by atoms with E-state index in [9.17, 15) is 14.9 Å². The van der Waals surface area contributed by atoms with Crippen LogP contribution < -0.4 is 5.32 Å². The quantitative estimate of drug-likeness (QED) is 0.287. The fourth-order valence-electron chi connectivity index (χ4n) is 2.38. The summed E-state index contributed by atoms with van der Waals surface area (Å²) in [5.41, 5.74) is 3.19. The number of carbonyl (C=O) groups excluding carboxylic acids is 1. The van der Waals surface area contributed by atoms with Crippen molar-refractivity contribution in [2.24, 2.45) is 0 Å². The van der Waals surface area contributed by atoms with E-state index in [0.29, 0.717) is 5.56 Å². The maximum atomic E-state index is 12.2. The first-order chi connectivity index (χ1) is 12.6. The average Bonchev–Trinajstić information content (AvgIpc) is 2.68. The number of nitrogens with one attached hydrogen (secondary N) is 1. The molecule has 3 rings (SSSR count).